The van der Waals surface area contributed by atoms with Crippen LogP contribution in [0.3, 0.4) is 0 Å². The van der Waals surface area contributed by atoms with Gasteiger partial charge in [-0.3, -0.25) is 9.59 Å². The molecule has 6 fully saturated rings. The second-order valence-electron chi connectivity index (χ2n) is 12.8. The van der Waals surface area contributed by atoms with Crippen LogP contribution in [0.5, 0.6) is 5.75 Å². The summed E-state index contributed by atoms with van der Waals surface area (Å²) >= 11 is 0. The molecule has 4 bridgehead atoms. The maximum absolute atomic E-state index is 14.1. The Labute approximate surface area is 223 Å². The first-order chi connectivity index (χ1) is 17.9. The van der Waals surface area contributed by atoms with E-state index < -0.39 is 69.9 Å². The number of aliphatic hydroxyl groups excluding tert-OH is 2. The van der Waals surface area contributed by atoms with Gasteiger partial charge in [0.2, 0.25) is 5.79 Å². The Morgan fingerprint density at radius 1 is 1.16 bits per heavy atom. The van der Waals surface area contributed by atoms with E-state index in [9.17, 15) is 24.9 Å². The van der Waals surface area contributed by atoms with Crippen LogP contribution in [-0.2, 0) is 25.5 Å². The molecule has 9 atom stereocenters. The Balaban J connectivity index is 1.37. The van der Waals surface area contributed by atoms with Gasteiger partial charge in [0.15, 0.2) is 5.78 Å². The maximum Gasteiger partial charge on any atom is 0.306 e. The molecule has 7 rings (SSSR count). The Bertz CT molecular complexity index is 1180. The topological polar surface area (TPSA) is 123 Å². The molecule has 2 heterocycles. The molecular formula is C30H38O8. The third kappa shape index (κ3) is 3.00. The van der Waals surface area contributed by atoms with Crippen molar-refractivity contribution in [2.24, 2.45) is 34.0 Å². The molecular weight excluding hydrogens is 488 g/mol. The molecule has 2 spiro atoms. The fraction of sp³-hybridized carbons (Fsp3) is 0.667. The van der Waals surface area contributed by atoms with Crippen LogP contribution in [0, 0.1) is 34.0 Å². The van der Waals surface area contributed by atoms with Gasteiger partial charge in [0.1, 0.15) is 23.4 Å². The summed E-state index contributed by atoms with van der Waals surface area (Å²) in [6.45, 7) is 8.19. The van der Waals surface area contributed by atoms with Crippen LogP contribution in [0.2, 0.25) is 0 Å². The lowest BCUT2D eigenvalue weighted by Crippen LogP contribution is -2.85. The summed E-state index contributed by atoms with van der Waals surface area (Å²) in [5, 5.41) is 35.5. The van der Waals surface area contributed by atoms with Crippen LogP contribution in [0.4, 0.5) is 0 Å². The molecule has 1 aromatic carbocycles. The van der Waals surface area contributed by atoms with Crippen LogP contribution in [0.25, 0.3) is 0 Å². The second kappa shape index (κ2) is 8.37. The number of carbonyl (C=O) groups is 2. The predicted molar refractivity (Wildman–Crippen MR) is 136 cm³/mol. The number of esters is 1. The standard InChI is InChI=1S/C30H38O8/c1-16-19-10-11-20-28-15-37-30(35,25(34)23(28)27(2,3)14-13-21(28)31)29(20,24(16)33)26(19)38-22(32)12-7-17-5-8-18(36-4)9-6-17/h5-6,8-9,19-21,23,25-26,31,34-35H,1,7,10-15H2,2-4H3/t19-,20-,21-,23+,25-,26+,28+,29-,30+/m0/s1. The van der Waals surface area contributed by atoms with Crippen molar-refractivity contribution in [3.63, 3.8) is 0 Å². The second-order valence-corrected chi connectivity index (χ2v) is 12.8. The quantitative estimate of drug-likeness (QED) is 0.395. The van der Waals surface area contributed by atoms with Gasteiger partial charge in [-0.25, -0.2) is 0 Å². The molecule has 0 amide bonds. The van der Waals surface area contributed by atoms with Crippen LogP contribution in [0.1, 0.15) is 51.5 Å². The van der Waals surface area contributed by atoms with E-state index in [4.69, 9.17) is 14.2 Å². The van der Waals surface area contributed by atoms with Gasteiger partial charge in [-0.1, -0.05) is 32.6 Å². The molecule has 4 aliphatic carbocycles. The highest BCUT2D eigenvalue weighted by Gasteiger charge is 2.87. The Kier molecular flexibility index (Phi) is 5.72. The average molecular weight is 527 g/mol. The lowest BCUT2D eigenvalue weighted by molar-refractivity contribution is -0.458. The number of rotatable bonds is 5. The van der Waals surface area contributed by atoms with Gasteiger partial charge in [-0.2, -0.15) is 0 Å². The molecule has 0 unspecified atom stereocenters. The SMILES string of the molecule is C=C1C(=O)[C@]23[C@H](OC(=O)CCc4ccc(OC)cc4)[C@H]1CC[C@H]2[C@@]12CO[C@]3(O)[C@@H](O)[C@@H]1C(C)(C)CC[C@@H]2O. The summed E-state index contributed by atoms with van der Waals surface area (Å²) in [5.74, 6) is -3.87. The largest absolute Gasteiger partial charge is 0.497 e. The van der Waals surface area contributed by atoms with Crippen LogP contribution in [-0.4, -0.2) is 64.9 Å². The summed E-state index contributed by atoms with van der Waals surface area (Å²) in [6.07, 6.45) is -0.428. The fourth-order valence-corrected chi connectivity index (χ4v) is 9.28. The number of carbonyl (C=O) groups excluding carboxylic acids is 2. The van der Waals surface area contributed by atoms with Crippen molar-refractivity contribution in [3.8, 4) is 5.75 Å². The zero-order chi connectivity index (χ0) is 27.3. The molecule has 38 heavy (non-hydrogen) atoms. The lowest BCUT2D eigenvalue weighted by atomic mass is 9.35. The minimum Gasteiger partial charge on any atom is -0.497 e. The number of Topliss-reactive ketones (excluding diaryl/α,β-unsaturated/α-hetero) is 1. The van der Waals surface area contributed by atoms with E-state index in [1.165, 1.54) is 0 Å². The smallest absolute Gasteiger partial charge is 0.306 e. The molecule has 6 aliphatic rings. The molecule has 206 valence electrons. The molecule has 1 aromatic rings. The first kappa shape index (κ1) is 26.0. The van der Waals surface area contributed by atoms with Crippen molar-refractivity contribution in [3.05, 3.63) is 42.0 Å². The van der Waals surface area contributed by atoms with Gasteiger partial charge in [0, 0.05) is 23.7 Å². The first-order valence-corrected chi connectivity index (χ1v) is 13.7. The van der Waals surface area contributed by atoms with Crippen molar-refractivity contribution in [1.82, 2.24) is 0 Å². The van der Waals surface area contributed by atoms with E-state index in [1.54, 1.807) is 7.11 Å². The third-order valence-corrected chi connectivity index (χ3v) is 10.9. The molecule has 4 saturated carbocycles. The number of methoxy groups -OCH3 is 1. The number of hydrogen-bond acceptors (Lipinski definition) is 8. The van der Waals surface area contributed by atoms with Crippen molar-refractivity contribution >= 4 is 11.8 Å². The molecule has 8 heteroatoms. The molecule has 2 saturated heterocycles. The monoisotopic (exact) mass is 526 g/mol. The Morgan fingerprint density at radius 2 is 1.87 bits per heavy atom. The number of aliphatic hydroxyl groups is 3. The zero-order valence-corrected chi connectivity index (χ0v) is 22.3. The van der Waals surface area contributed by atoms with E-state index in [1.807, 2.05) is 38.1 Å². The highest BCUT2D eigenvalue weighted by molar-refractivity contribution is 6.05. The molecule has 0 aromatic heterocycles. The molecule has 8 nitrogen and oxygen atoms in total. The summed E-state index contributed by atoms with van der Waals surface area (Å²) in [5.41, 5.74) is -1.79. The summed E-state index contributed by atoms with van der Waals surface area (Å²) in [6, 6.07) is 7.42. The number of aryl methyl sites for hydroxylation is 1. The maximum atomic E-state index is 14.1. The number of benzene rings is 1. The number of hydrogen-bond donors (Lipinski definition) is 3. The van der Waals surface area contributed by atoms with E-state index >= 15 is 0 Å². The molecule has 2 aliphatic heterocycles. The predicted octanol–water partition coefficient (Wildman–Crippen LogP) is 2.57. The highest BCUT2D eigenvalue weighted by Crippen LogP contribution is 2.76. The van der Waals surface area contributed by atoms with Crippen LogP contribution >= 0.6 is 0 Å². The van der Waals surface area contributed by atoms with Gasteiger partial charge in [-0.05, 0) is 66.7 Å². The first-order valence-electron chi connectivity index (χ1n) is 13.7. The van der Waals surface area contributed by atoms with Crippen molar-refractivity contribution in [2.75, 3.05) is 13.7 Å². The van der Waals surface area contributed by atoms with E-state index in [0.717, 1.165) is 11.3 Å². The highest BCUT2D eigenvalue weighted by atomic mass is 16.6. The fourth-order valence-electron chi connectivity index (χ4n) is 9.28. The van der Waals surface area contributed by atoms with E-state index in [0.29, 0.717) is 37.7 Å². The van der Waals surface area contributed by atoms with Crippen molar-refractivity contribution in [1.29, 1.82) is 0 Å². The van der Waals surface area contributed by atoms with E-state index in [2.05, 4.69) is 6.58 Å². The molecule has 3 N–H and O–H groups in total. The van der Waals surface area contributed by atoms with E-state index in [-0.39, 0.29) is 13.0 Å². The van der Waals surface area contributed by atoms with Crippen LogP contribution in [0.15, 0.2) is 36.4 Å². The van der Waals surface area contributed by atoms with Gasteiger partial charge < -0.3 is 29.5 Å². The number of fused-ring (bicyclic) bond motifs is 2. The average Bonchev–Trinajstić information content (AvgIpc) is 3.00. The summed E-state index contributed by atoms with van der Waals surface area (Å²) in [7, 11) is 1.59. The van der Waals surface area contributed by atoms with Gasteiger partial charge in [0.25, 0.3) is 0 Å². The summed E-state index contributed by atoms with van der Waals surface area (Å²) < 4.78 is 17.3. The Morgan fingerprint density at radius 3 is 2.55 bits per heavy atom. The normalized spacial score (nSPS) is 44.4. The summed E-state index contributed by atoms with van der Waals surface area (Å²) in [4.78, 5) is 27.3. The van der Waals surface area contributed by atoms with Gasteiger partial charge in [0.05, 0.1) is 19.8 Å². The Hall–Kier alpha value is -2.26. The van der Waals surface area contributed by atoms with Gasteiger partial charge in [-0.15, -0.1) is 0 Å². The minimum atomic E-state index is -2.24. The number of ketones is 1. The lowest BCUT2D eigenvalue weighted by Gasteiger charge is -2.74. The van der Waals surface area contributed by atoms with Crippen LogP contribution < -0.4 is 4.74 Å². The minimum absolute atomic E-state index is 0.0464. The molecule has 0 radical (unpaired) electrons. The zero-order valence-electron chi connectivity index (χ0n) is 22.3. The number of ether oxygens (including phenoxy) is 3. The van der Waals surface area contributed by atoms with Crippen molar-refractivity contribution in [2.45, 2.75) is 76.5 Å². The third-order valence-electron chi connectivity index (χ3n) is 10.9. The van der Waals surface area contributed by atoms with Gasteiger partial charge >= 0.3 is 5.97 Å². The van der Waals surface area contributed by atoms with Crippen molar-refractivity contribution < 1.29 is 39.1 Å².